The van der Waals surface area contributed by atoms with E-state index in [0.717, 1.165) is 26.9 Å². The number of hydrogen-bond acceptors (Lipinski definition) is 3. The number of hydrogen-bond donors (Lipinski definition) is 1. The molecule has 0 aliphatic heterocycles. The molecular weight excluding hydrogens is 316 g/mol. The minimum atomic E-state index is 0.680. The number of para-hydroxylation sites is 1. The van der Waals surface area contributed by atoms with Crippen LogP contribution in [0.1, 0.15) is 5.56 Å². The minimum Gasteiger partial charge on any atom is -0.398 e. The number of nitrogens with two attached hydrogens (primary N) is 1. The molecule has 0 fully saturated rings. The summed E-state index contributed by atoms with van der Waals surface area (Å²) in [5, 5.41) is 4.38. The first-order chi connectivity index (χ1) is 9.72. The minimum absolute atomic E-state index is 0.680. The Balaban J connectivity index is 1.86. The number of benzene rings is 1. The lowest BCUT2D eigenvalue weighted by molar-refractivity contribution is 0.684. The molecule has 1 aromatic carbocycles. The summed E-state index contributed by atoms with van der Waals surface area (Å²) >= 11 is 3.42. The second-order valence-corrected chi connectivity index (χ2v) is 5.44. The zero-order valence-corrected chi connectivity index (χ0v) is 12.3. The molecule has 2 aromatic heterocycles. The normalized spacial score (nSPS) is 10.7. The van der Waals surface area contributed by atoms with E-state index in [0.29, 0.717) is 6.54 Å². The standard InChI is InChI=1S/C15H13BrN4/c16-13-5-11(6-18-8-13)9-20-10-12(7-19-20)14-3-1-2-4-15(14)17/h1-8,10H,9,17H2. The highest BCUT2D eigenvalue weighted by molar-refractivity contribution is 9.10. The van der Waals surface area contributed by atoms with Crippen molar-refractivity contribution < 1.29 is 0 Å². The number of anilines is 1. The topological polar surface area (TPSA) is 56.7 Å². The second kappa shape index (κ2) is 5.46. The van der Waals surface area contributed by atoms with Crippen molar-refractivity contribution in [2.45, 2.75) is 6.54 Å². The number of pyridine rings is 1. The summed E-state index contributed by atoms with van der Waals surface area (Å²) in [4.78, 5) is 4.15. The average molecular weight is 329 g/mol. The zero-order valence-electron chi connectivity index (χ0n) is 10.7. The van der Waals surface area contributed by atoms with Gasteiger partial charge >= 0.3 is 0 Å². The highest BCUT2D eigenvalue weighted by atomic mass is 79.9. The van der Waals surface area contributed by atoms with Crippen molar-refractivity contribution in [2.75, 3.05) is 5.73 Å². The maximum atomic E-state index is 5.98. The van der Waals surface area contributed by atoms with Crippen LogP contribution < -0.4 is 5.73 Å². The van der Waals surface area contributed by atoms with Crippen molar-refractivity contribution in [1.82, 2.24) is 14.8 Å². The fraction of sp³-hybridized carbons (Fsp3) is 0.0667. The average Bonchev–Trinajstić information content (AvgIpc) is 2.87. The van der Waals surface area contributed by atoms with Gasteiger partial charge in [-0.3, -0.25) is 9.67 Å². The molecule has 0 amide bonds. The van der Waals surface area contributed by atoms with Crippen molar-refractivity contribution >= 4 is 21.6 Å². The smallest absolute Gasteiger partial charge is 0.0675 e. The molecular formula is C15H13BrN4. The van der Waals surface area contributed by atoms with Crippen molar-refractivity contribution in [3.8, 4) is 11.1 Å². The summed E-state index contributed by atoms with van der Waals surface area (Å²) in [5.41, 5.74) is 9.86. The molecule has 2 N–H and O–H groups in total. The Labute approximate surface area is 125 Å². The van der Waals surface area contributed by atoms with E-state index in [1.54, 1.807) is 6.20 Å². The van der Waals surface area contributed by atoms with Gasteiger partial charge in [0.15, 0.2) is 0 Å². The molecule has 0 saturated carbocycles. The first-order valence-corrected chi connectivity index (χ1v) is 6.98. The molecule has 2 heterocycles. The molecule has 0 spiro atoms. The van der Waals surface area contributed by atoms with Crippen LogP contribution in [0.25, 0.3) is 11.1 Å². The molecule has 20 heavy (non-hydrogen) atoms. The molecule has 0 unspecified atom stereocenters. The Kier molecular flexibility index (Phi) is 3.52. The number of nitrogens with zero attached hydrogens (tertiary/aromatic N) is 3. The Morgan fingerprint density at radius 2 is 2.00 bits per heavy atom. The van der Waals surface area contributed by atoms with Crippen molar-refractivity contribution in [2.24, 2.45) is 0 Å². The molecule has 3 rings (SSSR count). The molecule has 4 nitrogen and oxygen atoms in total. The van der Waals surface area contributed by atoms with Crippen LogP contribution in [0.4, 0.5) is 5.69 Å². The van der Waals surface area contributed by atoms with E-state index in [4.69, 9.17) is 5.73 Å². The largest absolute Gasteiger partial charge is 0.398 e. The maximum Gasteiger partial charge on any atom is 0.0675 e. The van der Waals surface area contributed by atoms with Gasteiger partial charge in [0, 0.05) is 39.9 Å². The van der Waals surface area contributed by atoms with Gasteiger partial charge < -0.3 is 5.73 Å². The van der Waals surface area contributed by atoms with Crippen LogP contribution in [0, 0.1) is 0 Å². The lowest BCUT2D eigenvalue weighted by Crippen LogP contribution is -2.00. The third kappa shape index (κ3) is 2.72. The lowest BCUT2D eigenvalue weighted by atomic mass is 10.1. The zero-order chi connectivity index (χ0) is 13.9. The van der Waals surface area contributed by atoms with E-state index in [-0.39, 0.29) is 0 Å². The third-order valence-corrected chi connectivity index (χ3v) is 3.44. The van der Waals surface area contributed by atoms with Gasteiger partial charge in [0.2, 0.25) is 0 Å². The van der Waals surface area contributed by atoms with Crippen LogP contribution in [0.15, 0.2) is 59.6 Å². The summed E-state index contributed by atoms with van der Waals surface area (Å²) in [6.45, 7) is 0.680. The second-order valence-electron chi connectivity index (χ2n) is 4.53. The van der Waals surface area contributed by atoms with Crippen LogP contribution >= 0.6 is 15.9 Å². The molecule has 0 saturated heterocycles. The summed E-state index contributed by atoms with van der Waals surface area (Å²) in [6.07, 6.45) is 7.43. The molecule has 3 aromatic rings. The number of rotatable bonds is 3. The van der Waals surface area contributed by atoms with Crippen LogP contribution in [0.3, 0.4) is 0 Å². The maximum absolute atomic E-state index is 5.98. The van der Waals surface area contributed by atoms with E-state index in [1.807, 2.05) is 53.6 Å². The van der Waals surface area contributed by atoms with Crippen LogP contribution in [-0.4, -0.2) is 14.8 Å². The molecule has 0 aliphatic carbocycles. The van der Waals surface area contributed by atoms with Gasteiger partial charge in [-0.15, -0.1) is 0 Å². The summed E-state index contributed by atoms with van der Waals surface area (Å²) in [7, 11) is 0. The highest BCUT2D eigenvalue weighted by Gasteiger charge is 2.05. The van der Waals surface area contributed by atoms with Gasteiger partial charge in [0.25, 0.3) is 0 Å². The summed E-state index contributed by atoms with van der Waals surface area (Å²) in [5.74, 6) is 0. The first kappa shape index (κ1) is 12.9. The third-order valence-electron chi connectivity index (χ3n) is 3.01. The Hall–Kier alpha value is -2.14. The van der Waals surface area contributed by atoms with Crippen molar-refractivity contribution in [3.63, 3.8) is 0 Å². The number of aromatic nitrogens is 3. The highest BCUT2D eigenvalue weighted by Crippen LogP contribution is 2.24. The van der Waals surface area contributed by atoms with Crippen molar-refractivity contribution in [3.05, 3.63) is 65.2 Å². The van der Waals surface area contributed by atoms with E-state index >= 15 is 0 Å². The summed E-state index contributed by atoms with van der Waals surface area (Å²) in [6, 6.07) is 9.82. The molecule has 0 atom stereocenters. The fourth-order valence-corrected chi connectivity index (χ4v) is 2.49. The Bertz CT molecular complexity index is 736. The van der Waals surface area contributed by atoms with Gasteiger partial charge in [0.05, 0.1) is 12.7 Å². The predicted molar refractivity (Wildman–Crippen MR) is 83.1 cm³/mol. The van der Waals surface area contributed by atoms with Gasteiger partial charge in [-0.05, 0) is 33.6 Å². The van der Waals surface area contributed by atoms with Gasteiger partial charge in [-0.25, -0.2) is 0 Å². The van der Waals surface area contributed by atoms with E-state index in [2.05, 4.69) is 26.0 Å². The molecule has 100 valence electrons. The fourth-order valence-electron chi connectivity index (χ4n) is 2.08. The molecule has 0 aliphatic rings. The predicted octanol–water partition coefficient (Wildman–Crippen LogP) is 3.34. The summed E-state index contributed by atoms with van der Waals surface area (Å²) < 4.78 is 2.85. The van der Waals surface area contributed by atoms with Crippen LogP contribution in [-0.2, 0) is 6.54 Å². The Morgan fingerprint density at radius 1 is 1.15 bits per heavy atom. The number of nitrogen functional groups attached to an aromatic ring is 1. The quantitative estimate of drug-likeness (QED) is 0.750. The molecule has 0 radical (unpaired) electrons. The number of halogens is 1. The van der Waals surface area contributed by atoms with Gasteiger partial charge in [-0.1, -0.05) is 18.2 Å². The monoisotopic (exact) mass is 328 g/mol. The molecule has 0 bridgehead atoms. The lowest BCUT2D eigenvalue weighted by Gasteiger charge is -2.03. The van der Waals surface area contributed by atoms with E-state index in [9.17, 15) is 0 Å². The van der Waals surface area contributed by atoms with Gasteiger partial charge in [0.1, 0.15) is 0 Å². The first-order valence-electron chi connectivity index (χ1n) is 6.19. The van der Waals surface area contributed by atoms with Crippen LogP contribution in [0.2, 0.25) is 0 Å². The molecule has 5 heteroatoms. The van der Waals surface area contributed by atoms with E-state index in [1.165, 1.54) is 0 Å². The van der Waals surface area contributed by atoms with E-state index < -0.39 is 0 Å². The SMILES string of the molecule is Nc1ccccc1-c1cnn(Cc2cncc(Br)c2)c1. The van der Waals surface area contributed by atoms with Crippen molar-refractivity contribution in [1.29, 1.82) is 0 Å². The Morgan fingerprint density at radius 3 is 2.80 bits per heavy atom. The van der Waals surface area contributed by atoms with Gasteiger partial charge in [-0.2, -0.15) is 5.10 Å². The van der Waals surface area contributed by atoms with Crippen LogP contribution in [0.5, 0.6) is 0 Å².